The van der Waals surface area contributed by atoms with Gasteiger partial charge in [0.1, 0.15) is 0 Å². The summed E-state index contributed by atoms with van der Waals surface area (Å²) in [5, 5.41) is 11.7. The van der Waals surface area contributed by atoms with Gasteiger partial charge in [0, 0.05) is 30.3 Å². The van der Waals surface area contributed by atoms with E-state index in [1.54, 1.807) is 20.1 Å². The van der Waals surface area contributed by atoms with Crippen LogP contribution in [0.5, 0.6) is 0 Å². The van der Waals surface area contributed by atoms with Gasteiger partial charge in [0.25, 0.3) is 11.6 Å². The number of rotatable bonds is 5. The van der Waals surface area contributed by atoms with Crippen molar-refractivity contribution >= 4 is 44.7 Å². The Balaban J connectivity index is 2.14. The predicted octanol–water partition coefficient (Wildman–Crippen LogP) is 3.96. The van der Waals surface area contributed by atoms with E-state index < -0.39 is 10.8 Å². The zero-order chi connectivity index (χ0) is 19.6. The third-order valence-corrected chi connectivity index (χ3v) is 5.37. The van der Waals surface area contributed by atoms with Gasteiger partial charge >= 0.3 is 0 Å². The van der Waals surface area contributed by atoms with Crippen molar-refractivity contribution in [3.8, 4) is 0 Å². The second-order valence-corrected chi connectivity index (χ2v) is 7.21. The Hall–Kier alpha value is -2.55. The first-order valence-electron chi connectivity index (χ1n) is 8.03. The van der Waals surface area contributed by atoms with Crippen LogP contribution >= 0.6 is 22.9 Å². The van der Waals surface area contributed by atoms with Crippen LogP contribution in [0, 0.1) is 17.0 Å². The molecule has 27 heavy (non-hydrogen) atoms. The van der Waals surface area contributed by atoms with E-state index in [2.05, 4.69) is 4.99 Å². The summed E-state index contributed by atoms with van der Waals surface area (Å²) in [6, 6.07) is 9.84. The van der Waals surface area contributed by atoms with Crippen molar-refractivity contribution in [3.63, 3.8) is 0 Å². The maximum atomic E-state index is 12.7. The van der Waals surface area contributed by atoms with E-state index in [0.717, 1.165) is 10.2 Å². The van der Waals surface area contributed by atoms with Crippen molar-refractivity contribution in [3.05, 3.63) is 67.5 Å². The lowest BCUT2D eigenvalue weighted by Gasteiger charge is -2.05. The van der Waals surface area contributed by atoms with Gasteiger partial charge in [0.2, 0.25) is 0 Å². The Morgan fingerprint density at radius 1 is 1.37 bits per heavy atom. The van der Waals surface area contributed by atoms with Crippen LogP contribution in [0.3, 0.4) is 0 Å². The van der Waals surface area contributed by atoms with Crippen LogP contribution < -0.4 is 4.80 Å². The minimum Gasteiger partial charge on any atom is -0.383 e. The highest BCUT2D eigenvalue weighted by Gasteiger charge is 2.18. The fourth-order valence-corrected chi connectivity index (χ4v) is 4.06. The molecule has 0 fully saturated rings. The number of methoxy groups -OCH3 is 1. The quantitative estimate of drug-likeness (QED) is 0.474. The molecule has 0 atom stereocenters. The number of nitro benzene ring substituents is 1. The SMILES string of the molecule is COCCn1c(=NC(=O)c2cccc([N+](=O)[O-])c2C)sc2cc(Cl)ccc21. The number of ether oxygens (including phenoxy) is 1. The second-order valence-electron chi connectivity index (χ2n) is 5.76. The lowest BCUT2D eigenvalue weighted by Crippen LogP contribution is -2.19. The Kier molecular flexibility index (Phi) is 5.69. The maximum absolute atomic E-state index is 12.7. The van der Waals surface area contributed by atoms with Gasteiger partial charge in [-0.15, -0.1) is 0 Å². The summed E-state index contributed by atoms with van der Waals surface area (Å²) in [6.07, 6.45) is 0. The molecule has 0 aliphatic heterocycles. The van der Waals surface area contributed by atoms with Crippen LogP contribution in [0.2, 0.25) is 5.02 Å². The normalized spacial score (nSPS) is 11.9. The van der Waals surface area contributed by atoms with E-state index in [-0.39, 0.29) is 11.3 Å². The Labute approximate surface area is 163 Å². The molecule has 1 aromatic heterocycles. The molecular formula is C18H16ClN3O4S. The summed E-state index contributed by atoms with van der Waals surface area (Å²) in [5.41, 5.74) is 1.29. The number of carbonyl (C=O) groups is 1. The Morgan fingerprint density at radius 3 is 2.85 bits per heavy atom. The zero-order valence-corrected chi connectivity index (χ0v) is 16.2. The minimum absolute atomic E-state index is 0.105. The van der Waals surface area contributed by atoms with Gasteiger partial charge in [0.05, 0.1) is 27.3 Å². The number of amides is 1. The van der Waals surface area contributed by atoms with E-state index in [1.807, 2.05) is 16.7 Å². The molecule has 3 rings (SSSR count). The first-order chi connectivity index (χ1) is 12.9. The monoisotopic (exact) mass is 405 g/mol. The molecule has 140 valence electrons. The fourth-order valence-electron chi connectivity index (χ4n) is 2.73. The number of nitrogens with zero attached hydrogens (tertiary/aromatic N) is 3. The van der Waals surface area contributed by atoms with Crippen molar-refractivity contribution in [2.45, 2.75) is 13.5 Å². The lowest BCUT2D eigenvalue weighted by atomic mass is 10.1. The van der Waals surface area contributed by atoms with Gasteiger partial charge in [-0.05, 0) is 31.2 Å². The third-order valence-electron chi connectivity index (χ3n) is 4.09. The van der Waals surface area contributed by atoms with Gasteiger partial charge in [-0.3, -0.25) is 14.9 Å². The molecule has 0 unspecified atom stereocenters. The average Bonchev–Trinajstić information content (AvgIpc) is 2.95. The molecule has 1 heterocycles. The van der Waals surface area contributed by atoms with Crippen LogP contribution in [-0.4, -0.2) is 29.1 Å². The highest BCUT2D eigenvalue weighted by Crippen LogP contribution is 2.23. The number of halogens is 1. The van der Waals surface area contributed by atoms with E-state index in [9.17, 15) is 14.9 Å². The summed E-state index contributed by atoms with van der Waals surface area (Å²) in [7, 11) is 1.60. The number of carbonyl (C=O) groups excluding carboxylic acids is 1. The molecule has 0 aliphatic rings. The molecule has 0 radical (unpaired) electrons. The van der Waals surface area contributed by atoms with Gasteiger partial charge < -0.3 is 9.30 Å². The number of benzene rings is 2. The first kappa shape index (κ1) is 19.2. The van der Waals surface area contributed by atoms with Crippen LogP contribution in [0.15, 0.2) is 41.4 Å². The number of hydrogen-bond acceptors (Lipinski definition) is 5. The first-order valence-corrected chi connectivity index (χ1v) is 9.22. The van der Waals surface area contributed by atoms with Crippen molar-refractivity contribution in [1.29, 1.82) is 0 Å². The summed E-state index contributed by atoms with van der Waals surface area (Å²) in [4.78, 5) is 28.0. The summed E-state index contributed by atoms with van der Waals surface area (Å²) < 4.78 is 7.92. The second kappa shape index (κ2) is 7.99. The topological polar surface area (TPSA) is 86.7 Å². The molecule has 9 heteroatoms. The molecule has 0 saturated carbocycles. The highest BCUT2D eigenvalue weighted by molar-refractivity contribution is 7.16. The van der Waals surface area contributed by atoms with Crippen molar-refractivity contribution < 1.29 is 14.5 Å². The maximum Gasteiger partial charge on any atom is 0.280 e. The van der Waals surface area contributed by atoms with E-state index in [1.165, 1.54) is 29.5 Å². The van der Waals surface area contributed by atoms with Gasteiger partial charge in [0.15, 0.2) is 4.80 Å². The van der Waals surface area contributed by atoms with Crippen molar-refractivity contribution in [2.24, 2.45) is 4.99 Å². The Bertz CT molecular complexity index is 1100. The van der Waals surface area contributed by atoms with Crippen molar-refractivity contribution in [1.82, 2.24) is 4.57 Å². The van der Waals surface area contributed by atoms with E-state index in [0.29, 0.717) is 28.5 Å². The number of aromatic nitrogens is 1. The molecule has 0 spiro atoms. The van der Waals surface area contributed by atoms with Gasteiger partial charge in [-0.1, -0.05) is 29.0 Å². The summed E-state index contributed by atoms with van der Waals surface area (Å²) in [5.74, 6) is -0.528. The highest BCUT2D eigenvalue weighted by atomic mass is 35.5. The van der Waals surface area contributed by atoms with Gasteiger partial charge in [-0.2, -0.15) is 4.99 Å². The molecule has 0 N–H and O–H groups in total. The lowest BCUT2D eigenvalue weighted by molar-refractivity contribution is -0.385. The largest absolute Gasteiger partial charge is 0.383 e. The van der Waals surface area contributed by atoms with E-state index >= 15 is 0 Å². The minimum atomic E-state index is -0.528. The van der Waals surface area contributed by atoms with Gasteiger partial charge in [-0.25, -0.2) is 0 Å². The molecule has 7 nitrogen and oxygen atoms in total. The standard InChI is InChI=1S/C18H16ClN3O4S/c1-11-13(4-3-5-14(11)22(24)25)17(23)20-18-21(8-9-26-2)15-7-6-12(19)10-16(15)27-18/h3-7,10H,8-9H2,1-2H3. The third kappa shape index (κ3) is 3.92. The van der Waals surface area contributed by atoms with Crippen LogP contribution in [-0.2, 0) is 11.3 Å². The molecular weight excluding hydrogens is 390 g/mol. The van der Waals surface area contributed by atoms with Crippen LogP contribution in [0.25, 0.3) is 10.2 Å². The van der Waals surface area contributed by atoms with Crippen LogP contribution in [0.4, 0.5) is 5.69 Å². The smallest absolute Gasteiger partial charge is 0.280 e. The van der Waals surface area contributed by atoms with Crippen LogP contribution in [0.1, 0.15) is 15.9 Å². The number of hydrogen-bond donors (Lipinski definition) is 0. The summed E-state index contributed by atoms with van der Waals surface area (Å²) in [6.45, 7) is 2.51. The number of fused-ring (bicyclic) bond motifs is 1. The van der Waals surface area contributed by atoms with Crippen molar-refractivity contribution in [2.75, 3.05) is 13.7 Å². The molecule has 0 saturated heterocycles. The zero-order valence-electron chi connectivity index (χ0n) is 14.6. The average molecular weight is 406 g/mol. The molecule has 2 aromatic carbocycles. The Morgan fingerprint density at radius 2 is 2.15 bits per heavy atom. The molecule has 1 amide bonds. The number of thiazole rings is 1. The molecule has 0 aliphatic carbocycles. The van der Waals surface area contributed by atoms with E-state index in [4.69, 9.17) is 16.3 Å². The number of nitro groups is 1. The molecule has 0 bridgehead atoms. The summed E-state index contributed by atoms with van der Waals surface area (Å²) >= 11 is 7.39. The predicted molar refractivity (Wildman–Crippen MR) is 104 cm³/mol. The molecule has 3 aromatic rings. The fraction of sp³-hybridized carbons (Fsp3) is 0.222.